The van der Waals surface area contributed by atoms with Crippen LogP contribution in [0.3, 0.4) is 0 Å². The van der Waals surface area contributed by atoms with Gasteiger partial charge in [0.05, 0.1) is 0 Å². The highest BCUT2D eigenvalue weighted by Gasteiger charge is 2.26. The summed E-state index contributed by atoms with van der Waals surface area (Å²) in [6.07, 6.45) is 0. The SMILES string of the molecule is Cc1cc(C(C(N)=O)C(=O)O)ccc1F. The van der Waals surface area contributed by atoms with Gasteiger partial charge in [-0.2, -0.15) is 0 Å². The van der Waals surface area contributed by atoms with Crippen molar-refractivity contribution in [3.63, 3.8) is 0 Å². The molecule has 1 aromatic rings. The number of carbonyl (C=O) groups excluding carboxylic acids is 1. The van der Waals surface area contributed by atoms with Gasteiger partial charge in [0.15, 0.2) is 5.92 Å². The number of amides is 1. The summed E-state index contributed by atoms with van der Waals surface area (Å²) in [7, 11) is 0. The molecule has 15 heavy (non-hydrogen) atoms. The van der Waals surface area contributed by atoms with Crippen LogP contribution in [0.25, 0.3) is 0 Å². The quantitative estimate of drug-likeness (QED) is 0.725. The Balaban J connectivity index is 3.18. The first kappa shape index (κ1) is 11.2. The van der Waals surface area contributed by atoms with Crippen molar-refractivity contribution in [2.75, 3.05) is 0 Å². The van der Waals surface area contributed by atoms with Gasteiger partial charge in [0, 0.05) is 0 Å². The van der Waals surface area contributed by atoms with E-state index in [0.717, 1.165) is 6.07 Å². The number of carbonyl (C=O) groups is 2. The van der Waals surface area contributed by atoms with E-state index in [0.29, 0.717) is 0 Å². The zero-order valence-electron chi connectivity index (χ0n) is 8.03. The zero-order valence-corrected chi connectivity index (χ0v) is 8.03. The molecule has 0 heterocycles. The Hall–Kier alpha value is -1.91. The molecule has 0 saturated carbocycles. The fourth-order valence-corrected chi connectivity index (χ4v) is 1.28. The number of rotatable bonds is 3. The number of hydrogen-bond donors (Lipinski definition) is 2. The fourth-order valence-electron chi connectivity index (χ4n) is 1.28. The Morgan fingerprint density at radius 1 is 1.47 bits per heavy atom. The second kappa shape index (κ2) is 4.08. The van der Waals surface area contributed by atoms with Crippen molar-refractivity contribution in [3.05, 3.63) is 35.1 Å². The summed E-state index contributed by atoms with van der Waals surface area (Å²) in [4.78, 5) is 21.6. The molecule has 0 aromatic heterocycles. The normalized spacial score (nSPS) is 12.1. The summed E-state index contributed by atoms with van der Waals surface area (Å²) in [5.74, 6) is -4.18. The van der Waals surface area contributed by atoms with Gasteiger partial charge in [-0.1, -0.05) is 12.1 Å². The number of aryl methyl sites for hydroxylation is 1. The molecule has 0 spiro atoms. The largest absolute Gasteiger partial charge is 0.480 e. The van der Waals surface area contributed by atoms with Gasteiger partial charge in [-0.25, -0.2) is 4.39 Å². The van der Waals surface area contributed by atoms with Crippen LogP contribution >= 0.6 is 0 Å². The minimum Gasteiger partial charge on any atom is -0.480 e. The molecule has 1 unspecified atom stereocenters. The lowest BCUT2D eigenvalue weighted by Gasteiger charge is -2.09. The molecule has 4 nitrogen and oxygen atoms in total. The third-order valence-corrected chi connectivity index (χ3v) is 2.05. The molecule has 0 fully saturated rings. The van der Waals surface area contributed by atoms with Gasteiger partial charge in [0.1, 0.15) is 5.82 Å². The van der Waals surface area contributed by atoms with Crippen LogP contribution < -0.4 is 5.73 Å². The van der Waals surface area contributed by atoms with Crippen molar-refractivity contribution in [2.45, 2.75) is 12.8 Å². The van der Waals surface area contributed by atoms with Gasteiger partial charge < -0.3 is 10.8 Å². The van der Waals surface area contributed by atoms with E-state index in [4.69, 9.17) is 10.8 Å². The molecule has 0 aliphatic heterocycles. The van der Waals surface area contributed by atoms with Gasteiger partial charge in [0.2, 0.25) is 5.91 Å². The predicted molar refractivity (Wildman–Crippen MR) is 50.7 cm³/mol. The number of benzene rings is 1. The average molecular weight is 211 g/mol. The molecule has 1 rings (SSSR count). The van der Waals surface area contributed by atoms with E-state index in [-0.39, 0.29) is 11.1 Å². The van der Waals surface area contributed by atoms with Gasteiger partial charge in [-0.05, 0) is 24.1 Å². The van der Waals surface area contributed by atoms with Crippen molar-refractivity contribution < 1.29 is 19.1 Å². The van der Waals surface area contributed by atoms with E-state index in [1.165, 1.54) is 19.1 Å². The summed E-state index contributed by atoms with van der Waals surface area (Å²) < 4.78 is 12.9. The third-order valence-electron chi connectivity index (χ3n) is 2.05. The van der Waals surface area contributed by atoms with Crippen molar-refractivity contribution in [3.8, 4) is 0 Å². The molecule has 0 aliphatic carbocycles. The summed E-state index contributed by atoms with van der Waals surface area (Å²) in [5, 5.41) is 8.76. The number of halogens is 1. The molecular weight excluding hydrogens is 201 g/mol. The molecule has 0 radical (unpaired) electrons. The maximum atomic E-state index is 12.9. The van der Waals surface area contributed by atoms with Crippen molar-refractivity contribution in [2.24, 2.45) is 5.73 Å². The van der Waals surface area contributed by atoms with Crippen LogP contribution in [0.4, 0.5) is 4.39 Å². The summed E-state index contributed by atoms with van der Waals surface area (Å²) in [6.45, 7) is 1.48. The molecule has 1 amide bonds. The van der Waals surface area contributed by atoms with Crippen molar-refractivity contribution in [1.82, 2.24) is 0 Å². The lowest BCUT2D eigenvalue weighted by atomic mass is 9.97. The molecule has 1 atom stereocenters. The standard InChI is InChI=1S/C10H10FNO3/c1-5-4-6(2-3-7(5)11)8(9(12)13)10(14)15/h2-4,8H,1H3,(H2,12,13)(H,14,15). The van der Waals surface area contributed by atoms with Gasteiger partial charge in [-0.15, -0.1) is 0 Å². The lowest BCUT2D eigenvalue weighted by Crippen LogP contribution is -2.28. The second-order valence-electron chi connectivity index (χ2n) is 3.18. The van der Waals surface area contributed by atoms with Crippen LogP contribution in [-0.2, 0) is 9.59 Å². The number of carboxylic acid groups (broad SMARTS) is 1. The first-order valence-electron chi connectivity index (χ1n) is 4.21. The number of carboxylic acids is 1. The molecule has 3 N–H and O–H groups in total. The maximum Gasteiger partial charge on any atom is 0.320 e. The van der Waals surface area contributed by atoms with E-state index >= 15 is 0 Å². The smallest absolute Gasteiger partial charge is 0.320 e. The highest BCUT2D eigenvalue weighted by atomic mass is 19.1. The van der Waals surface area contributed by atoms with E-state index in [9.17, 15) is 14.0 Å². The Morgan fingerprint density at radius 2 is 2.07 bits per heavy atom. The Morgan fingerprint density at radius 3 is 2.47 bits per heavy atom. The average Bonchev–Trinajstić information content (AvgIpc) is 2.10. The number of nitrogens with two attached hydrogens (primary N) is 1. The van der Waals surface area contributed by atoms with Crippen molar-refractivity contribution >= 4 is 11.9 Å². The number of aliphatic carboxylic acids is 1. The second-order valence-corrected chi connectivity index (χ2v) is 3.18. The molecule has 1 aromatic carbocycles. The number of hydrogen-bond acceptors (Lipinski definition) is 2. The topological polar surface area (TPSA) is 80.4 Å². The Kier molecular flexibility index (Phi) is 3.04. The van der Waals surface area contributed by atoms with Crippen LogP contribution in [0, 0.1) is 12.7 Å². The lowest BCUT2D eigenvalue weighted by molar-refractivity contribution is -0.142. The molecule has 80 valence electrons. The predicted octanol–water partition coefficient (Wildman–Crippen LogP) is 0.788. The highest BCUT2D eigenvalue weighted by molar-refractivity contribution is 6.01. The minimum atomic E-state index is -1.43. The van der Waals surface area contributed by atoms with E-state index in [1.807, 2.05) is 0 Å². The van der Waals surface area contributed by atoms with Gasteiger partial charge in [0.25, 0.3) is 0 Å². The van der Waals surface area contributed by atoms with E-state index in [2.05, 4.69) is 0 Å². The van der Waals surface area contributed by atoms with Crippen LogP contribution in [-0.4, -0.2) is 17.0 Å². The number of primary amides is 1. The molecule has 0 aliphatic rings. The zero-order chi connectivity index (χ0) is 11.6. The summed E-state index contributed by atoms with van der Waals surface area (Å²) in [6, 6.07) is 3.66. The summed E-state index contributed by atoms with van der Waals surface area (Å²) >= 11 is 0. The first-order valence-corrected chi connectivity index (χ1v) is 4.21. The van der Waals surface area contributed by atoms with Gasteiger partial charge in [-0.3, -0.25) is 9.59 Å². The Labute approximate surface area is 85.5 Å². The fraction of sp³-hybridized carbons (Fsp3) is 0.200. The van der Waals surface area contributed by atoms with Crippen molar-refractivity contribution in [1.29, 1.82) is 0 Å². The monoisotopic (exact) mass is 211 g/mol. The maximum absolute atomic E-state index is 12.9. The summed E-state index contributed by atoms with van der Waals surface area (Å²) in [5.41, 5.74) is 5.41. The molecule has 0 bridgehead atoms. The van der Waals surface area contributed by atoms with E-state index in [1.54, 1.807) is 0 Å². The van der Waals surface area contributed by atoms with Crippen LogP contribution in [0.15, 0.2) is 18.2 Å². The molecule has 0 saturated heterocycles. The van der Waals surface area contributed by atoms with E-state index < -0.39 is 23.6 Å². The van der Waals surface area contributed by atoms with Crippen LogP contribution in [0.2, 0.25) is 0 Å². The van der Waals surface area contributed by atoms with Gasteiger partial charge >= 0.3 is 5.97 Å². The molecule has 5 heteroatoms. The van der Waals surface area contributed by atoms with Crippen LogP contribution in [0.1, 0.15) is 17.0 Å². The molecular formula is C10H10FNO3. The minimum absolute atomic E-state index is 0.189. The first-order chi connectivity index (χ1) is 6.93. The third kappa shape index (κ3) is 2.31. The Bertz CT molecular complexity index is 403. The van der Waals surface area contributed by atoms with Crippen LogP contribution in [0.5, 0.6) is 0 Å². The highest BCUT2D eigenvalue weighted by Crippen LogP contribution is 2.18.